The van der Waals surface area contributed by atoms with E-state index >= 15 is 0 Å². The number of ketones is 1. The van der Waals surface area contributed by atoms with Crippen LogP contribution >= 0.6 is 0 Å². The zero-order valence-corrected chi connectivity index (χ0v) is 11.6. The molecule has 1 unspecified atom stereocenters. The lowest BCUT2D eigenvalue weighted by Gasteiger charge is -2.35. The molecule has 100 valence electrons. The molecule has 4 nitrogen and oxygen atoms in total. The highest BCUT2D eigenvalue weighted by molar-refractivity contribution is 5.92. The van der Waals surface area contributed by atoms with E-state index in [1.165, 1.54) is 19.4 Å². The second-order valence-corrected chi connectivity index (χ2v) is 5.64. The number of H-pyrrole nitrogens is 1. The molecule has 0 amide bonds. The molecule has 1 aromatic rings. The van der Waals surface area contributed by atoms with E-state index < -0.39 is 0 Å². The standard InChI is InChI=1S/C14H23N3O/c1-10(2)17-6-4-5-12(9-17)7-13-8-14(11(3)18)16-15-13/h8,10,12H,4-7,9H2,1-3H3,(H,15,16). The van der Waals surface area contributed by atoms with Gasteiger partial charge in [0.2, 0.25) is 0 Å². The Labute approximate surface area is 109 Å². The minimum Gasteiger partial charge on any atom is -0.301 e. The maximum Gasteiger partial charge on any atom is 0.179 e. The fourth-order valence-corrected chi connectivity index (χ4v) is 2.69. The number of piperidine rings is 1. The van der Waals surface area contributed by atoms with Crippen molar-refractivity contribution in [2.24, 2.45) is 5.92 Å². The molecule has 0 spiro atoms. The number of rotatable bonds is 4. The Kier molecular flexibility index (Phi) is 4.17. The van der Waals surface area contributed by atoms with Crippen LogP contribution in [0.2, 0.25) is 0 Å². The normalized spacial score (nSPS) is 21.4. The molecule has 18 heavy (non-hydrogen) atoms. The summed E-state index contributed by atoms with van der Waals surface area (Å²) in [6, 6.07) is 2.53. The Morgan fingerprint density at radius 1 is 1.61 bits per heavy atom. The van der Waals surface area contributed by atoms with Gasteiger partial charge in [-0.3, -0.25) is 9.89 Å². The van der Waals surface area contributed by atoms with Crippen molar-refractivity contribution in [3.63, 3.8) is 0 Å². The van der Waals surface area contributed by atoms with Gasteiger partial charge in [-0.15, -0.1) is 0 Å². The first-order valence-electron chi connectivity index (χ1n) is 6.85. The van der Waals surface area contributed by atoms with Crippen molar-refractivity contribution >= 4 is 5.78 Å². The maximum atomic E-state index is 11.2. The number of aromatic nitrogens is 2. The van der Waals surface area contributed by atoms with E-state index in [0.29, 0.717) is 17.7 Å². The second-order valence-electron chi connectivity index (χ2n) is 5.64. The number of aromatic amines is 1. The van der Waals surface area contributed by atoms with Crippen molar-refractivity contribution in [3.05, 3.63) is 17.5 Å². The Morgan fingerprint density at radius 3 is 3.00 bits per heavy atom. The molecule has 1 saturated heterocycles. The molecule has 2 rings (SSSR count). The summed E-state index contributed by atoms with van der Waals surface area (Å²) in [7, 11) is 0. The molecule has 1 aliphatic heterocycles. The first kappa shape index (κ1) is 13.3. The molecule has 0 aromatic carbocycles. The largest absolute Gasteiger partial charge is 0.301 e. The fraction of sp³-hybridized carbons (Fsp3) is 0.714. The molecule has 2 heterocycles. The number of nitrogens with one attached hydrogen (secondary N) is 1. The van der Waals surface area contributed by atoms with Gasteiger partial charge in [-0.1, -0.05) is 0 Å². The SMILES string of the molecule is CC(=O)c1cc(CC2CCCN(C(C)C)C2)[nH]n1. The van der Waals surface area contributed by atoms with Gasteiger partial charge < -0.3 is 4.90 Å². The molecule has 0 aliphatic carbocycles. The summed E-state index contributed by atoms with van der Waals surface area (Å²) in [5.41, 5.74) is 1.65. The van der Waals surface area contributed by atoms with Crippen LogP contribution in [0.3, 0.4) is 0 Å². The van der Waals surface area contributed by atoms with Crippen molar-refractivity contribution in [1.82, 2.24) is 15.1 Å². The Balaban J connectivity index is 1.94. The average Bonchev–Trinajstić information content (AvgIpc) is 2.78. The smallest absolute Gasteiger partial charge is 0.179 e. The van der Waals surface area contributed by atoms with Gasteiger partial charge in [0.15, 0.2) is 5.78 Å². The van der Waals surface area contributed by atoms with Crippen LogP contribution in [0, 0.1) is 5.92 Å². The minimum atomic E-state index is 0.0324. The van der Waals surface area contributed by atoms with Crippen molar-refractivity contribution in [1.29, 1.82) is 0 Å². The van der Waals surface area contributed by atoms with Crippen LogP contribution < -0.4 is 0 Å². The zero-order chi connectivity index (χ0) is 13.1. The summed E-state index contributed by atoms with van der Waals surface area (Å²) >= 11 is 0. The van der Waals surface area contributed by atoms with Gasteiger partial charge in [-0.05, 0) is 51.6 Å². The van der Waals surface area contributed by atoms with Crippen molar-refractivity contribution in [3.8, 4) is 0 Å². The summed E-state index contributed by atoms with van der Waals surface area (Å²) in [6.07, 6.45) is 3.55. The van der Waals surface area contributed by atoms with Gasteiger partial charge in [0.1, 0.15) is 5.69 Å². The molecule has 1 atom stereocenters. The molecule has 0 saturated carbocycles. The summed E-state index contributed by atoms with van der Waals surface area (Å²) in [5.74, 6) is 0.714. The summed E-state index contributed by atoms with van der Waals surface area (Å²) in [5, 5.41) is 7.04. The third-order valence-electron chi connectivity index (χ3n) is 3.78. The first-order chi connectivity index (χ1) is 8.56. The summed E-state index contributed by atoms with van der Waals surface area (Å²) in [6.45, 7) is 8.45. The van der Waals surface area contributed by atoms with Crippen LogP contribution in [0.5, 0.6) is 0 Å². The highest BCUT2D eigenvalue weighted by atomic mass is 16.1. The average molecular weight is 249 g/mol. The fourth-order valence-electron chi connectivity index (χ4n) is 2.69. The number of likely N-dealkylation sites (tertiary alicyclic amines) is 1. The van der Waals surface area contributed by atoms with Gasteiger partial charge in [0.05, 0.1) is 0 Å². The highest BCUT2D eigenvalue weighted by Gasteiger charge is 2.22. The molecule has 0 bridgehead atoms. The Morgan fingerprint density at radius 2 is 2.39 bits per heavy atom. The van der Waals surface area contributed by atoms with Crippen molar-refractivity contribution in [2.45, 2.75) is 46.1 Å². The number of nitrogens with zero attached hydrogens (tertiary/aromatic N) is 2. The number of Topliss-reactive ketones (excluding diaryl/α,β-unsaturated/α-hetero) is 1. The Hall–Kier alpha value is -1.16. The van der Waals surface area contributed by atoms with Gasteiger partial charge >= 0.3 is 0 Å². The molecule has 4 heteroatoms. The molecule has 1 aliphatic rings. The van der Waals surface area contributed by atoms with E-state index in [4.69, 9.17) is 0 Å². The van der Waals surface area contributed by atoms with Crippen LogP contribution in [-0.2, 0) is 6.42 Å². The van der Waals surface area contributed by atoms with E-state index in [1.807, 2.05) is 6.07 Å². The Bertz CT molecular complexity index is 411. The van der Waals surface area contributed by atoms with Gasteiger partial charge in [-0.2, -0.15) is 5.10 Å². The lowest BCUT2D eigenvalue weighted by molar-refractivity contribution is 0.101. The molecule has 1 N–H and O–H groups in total. The molecule has 0 radical (unpaired) electrons. The number of hydrogen-bond donors (Lipinski definition) is 1. The van der Waals surface area contributed by atoms with E-state index in [0.717, 1.165) is 18.7 Å². The monoisotopic (exact) mass is 249 g/mol. The van der Waals surface area contributed by atoms with E-state index in [1.54, 1.807) is 6.92 Å². The molecule has 1 aromatic heterocycles. The second kappa shape index (κ2) is 5.65. The van der Waals surface area contributed by atoms with Crippen molar-refractivity contribution in [2.75, 3.05) is 13.1 Å². The predicted molar refractivity (Wildman–Crippen MR) is 71.7 cm³/mol. The van der Waals surface area contributed by atoms with Gasteiger partial charge in [0, 0.05) is 25.2 Å². The van der Waals surface area contributed by atoms with Crippen LogP contribution in [0.15, 0.2) is 6.07 Å². The van der Waals surface area contributed by atoms with E-state index in [-0.39, 0.29) is 5.78 Å². The minimum absolute atomic E-state index is 0.0324. The van der Waals surface area contributed by atoms with Crippen LogP contribution in [-0.4, -0.2) is 40.0 Å². The summed E-state index contributed by atoms with van der Waals surface area (Å²) in [4.78, 5) is 13.7. The van der Waals surface area contributed by atoms with Gasteiger partial charge in [0.25, 0.3) is 0 Å². The number of hydrogen-bond acceptors (Lipinski definition) is 3. The highest BCUT2D eigenvalue weighted by Crippen LogP contribution is 2.21. The van der Waals surface area contributed by atoms with Crippen LogP contribution in [0.4, 0.5) is 0 Å². The van der Waals surface area contributed by atoms with Crippen molar-refractivity contribution < 1.29 is 4.79 Å². The van der Waals surface area contributed by atoms with E-state index in [9.17, 15) is 4.79 Å². The quantitative estimate of drug-likeness (QED) is 0.833. The molecule has 1 fully saturated rings. The van der Waals surface area contributed by atoms with Crippen LogP contribution in [0.25, 0.3) is 0 Å². The lowest BCUT2D eigenvalue weighted by Crippen LogP contribution is -2.40. The van der Waals surface area contributed by atoms with Crippen LogP contribution in [0.1, 0.15) is 49.8 Å². The molecular formula is C14H23N3O. The molecular weight excluding hydrogens is 226 g/mol. The van der Waals surface area contributed by atoms with E-state index in [2.05, 4.69) is 28.9 Å². The number of carbonyl (C=O) groups is 1. The zero-order valence-electron chi connectivity index (χ0n) is 11.6. The first-order valence-corrected chi connectivity index (χ1v) is 6.85. The number of carbonyl (C=O) groups excluding carboxylic acids is 1. The van der Waals surface area contributed by atoms with Gasteiger partial charge in [-0.25, -0.2) is 0 Å². The lowest BCUT2D eigenvalue weighted by atomic mass is 9.92. The third-order valence-corrected chi connectivity index (χ3v) is 3.78. The topological polar surface area (TPSA) is 49.0 Å². The third kappa shape index (κ3) is 3.19. The predicted octanol–water partition coefficient (Wildman–Crippen LogP) is 2.28. The maximum absolute atomic E-state index is 11.2. The summed E-state index contributed by atoms with van der Waals surface area (Å²) < 4.78 is 0.